The molecule has 1 aromatic rings. The van der Waals surface area contributed by atoms with Crippen molar-refractivity contribution in [2.45, 2.75) is 58.0 Å². The Morgan fingerprint density at radius 3 is 2.83 bits per heavy atom. The highest BCUT2D eigenvalue weighted by atomic mass is 16.2. The van der Waals surface area contributed by atoms with Gasteiger partial charge in [-0.05, 0) is 55.9 Å². The lowest BCUT2D eigenvalue weighted by atomic mass is 9.98. The number of hydrogen-bond acceptors (Lipinski definition) is 2. The lowest BCUT2D eigenvalue weighted by Gasteiger charge is -2.32. The molecule has 3 rings (SSSR count). The van der Waals surface area contributed by atoms with E-state index in [1.54, 1.807) is 0 Å². The number of hydrogen-bond donors (Lipinski definition) is 0. The molecule has 1 aliphatic heterocycles. The Balaban J connectivity index is 1.80. The molecule has 0 saturated heterocycles. The zero-order chi connectivity index (χ0) is 16.2. The van der Waals surface area contributed by atoms with Crippen LogP contribution in [0.4, 0.5) is 5.69 Å². The van der Waals surface area contributed by atoms with Gasteiger partial charge >= 0.3 is 0 Å². The summed E-state index contributed by atoms with van der Waals surface area (Å²) >= 11 is 0. The number of aryl methyl sites for hydroxylation is 1. The van der Waals surface area contributed by atoms with Crippen LogP contribution in [0.1, 0.15) is 50.2 Å². The minimum atomic E-state index is 0.0739. The molecule has 1 heterocycles. The molecule has 0 bridgehead atoms. The Kier molecular flexibility index (Phi) is 5.04. The third-order valence-corrected chi connectivity index (χ3v) is 5.32. The van der Waals surface area contributed by atoms with E-state index in [2.05, 4.69) is 36.6 Å². The van der Waals surface area contributed by atoms with Gasteiger partial charge in [0, 0.05) is 31.4 Å². The maximum atomic E-state index is 12.3. The number of anilines is 1. The van der Waals surface area contributed by atoms with E-state index >= 15 is 0 Å². The van der Waals surface area contributed by atoms with Crippen molar-refractivity contribution in [3.05, 3.63) is 42.0 Å². The van der Waals surface area contributed by atoms with Gasteiger partial charge in [0.2, 0.25) is 5.91 Å². The fraction of sp³-hybridized carbons (Fsp3) is 0.550. The smallest absolute Gasteiger partial charge is 0.246 e. The lowest BCUT2D eigenvalue weighted by Crippen LogP contribution is -2.37. The van der Waals surface area contributed by atoms with E-state index in [1.165, 1.54) is 42.2 Å². The third-order valence-electron chi connectivity index (χ3n) is 5.32. The summed E-state index contributed by atoms with van der Waals surface area (Å²) in [5, 5.41) is 0. The van der Waals surface area contributed by atoms with Crippen molar-refractivity contribution < 1.29 is 4.79 Å². The fourth-order valence-electron chi connectivity index (χ4n) is 4.07. The average molecular weight is 312 g/mol. The molecule has 1 aliphatic carbocycles. The molecule has 3 nitrogen and oxygen atoms in total. The van der Waals surface area contributed by atoms with E-state index in [4.69, 9.17) is 0 Å². The summed E-state index contributed by atoms with van der Waals surface area (Å²) in [7, 11) is 0. The second-order valence-electron chi connectivity index (χ2n) is 6.75. The number of amides is 1. The van der Waals surface area contributed by atoms with Gasteiger partial charge in [0.05, 0.1) is 0 Å². The van der Waals surface area contributed by atoms with E-state index < -0.39 is 0 Å². The van der Waals surface area contributed by atoms with Crippen LogP contribution in [0.5, 0.6) is 0 Å². The molecule has 1 fully saturated rings. The van der Waals surface area contributed by atoms with E-state index in [-0.39, 0.29) is 5.91 Å². The first-order chi connectivity index (χ1) is 11.2. The van der Waals surface area contributed by atoms with Gasteiger partial charge in [-0.25, -0.2) is 0 Å². The summed E-state index contributed by atoms with van der Waals surface area (Å²) in [4.78, 5) is 16.8. The zero-order valence-electron chi connectivity index (χ0n) is 14.3. The topological polar surface area (TPSA) is 23.6 Å². The van der Waals surface area contributed by atoms with Crippen molar-refractivity contribution in [1.82, 2.24) is 4.90 Å². The highest BCUT2D eigenvalue weighted by molar-refractivity contribution is 5.87. The molecule has 2 aliphatic rings. The maximum absolute atomic E-state index is 12.3. The molecular formula is C20H28N2O. The summed E-state index contributed by atoms with van der Waals surface area (Å²) in [5.74, 6) is 0.0739. The van der Waals surface area contributed by atoms with Gasteiger partial charge < -0.3 is 9.80 Å². The van der Waals surface area contributed by atoms with E-state index in [1.807, 2.05) is 4.90 Å². The Morgan fingerprint density at radius 1 is 1.35 bits per heavy atom. The maximum Gasteiger partial charge on any atom is 0.246 e. The van der Waals surface area contributed by atoms with Crippen LogP contribution in [0.15, 0.2) is 30.9 Å². The highest BCUT2D eigenvalue weighted by Gasteiger charge is 2.25. The summed E-state index contributed by atoms with van der Waals surface area (Å²) in [6.07, 6.45) is 8.58. The van der Waals surface area contributed by atoms with E-state index in [0.717, 1.165) is 38.9 Å². The quantitative estimate of drug-likeness (QED) is 0.770. The van der Waals surface area contributed by atoms with Crippen molar-refractivity contribution >= 4 is 11.6 Å². The number of benzene rings is 1. The minimum Gasteiger partial charge on any atom is -0.372 e. The van der Waals surface area contributed by atoms with Crippen molar-refractivity contribution in [3.63, 3.8) is 0 Å². The minimum absolute atomic E-state index is 0.0739. The number of fused-ring (bicyclic) bond motifs is 1. The first-order valence-corrected chi connectivity index (χ1v) is 9.02. The standard InChI is InChI=1S/C20H28N2O/c1-3-20(23)22(18-9-5-6-10-18)15-16-11-12-19-17(14-16)8-7-13-21(19)4-2/h3,11-12,14,18H,1,4-10,13,15H2,2H3. The Labute approximate surface area is 140 Å². The van der Waals surface area contributed by atoms with Crippen LogP contribution in [0.2, 0.25) is 0 Å². The molecule has 0 unspecified atom stereocenters. The van der Waals surface area contributed by atoms with Gasteiger partial charge in [0.1, 0.15) is 0 Å². The molecule has 0 N–H and O–H groups in total. The predicted molar refractivity (Wildman–Crippen MR) is 95.7 cm³/mol. The molecule has 0 aromatic heterocycles. The molecule has 3 heteroatoms. The SMILES string of the molecule is C=CC(=O)N(Cc1ccc2c(c1)CCCN2CC)C1CCCC1. The second kappa shape index (κ2) is 7.20. The first kappa shape index (κ1) is 16.1. The Morgan fingerprint density at radius 2 is 2.13 bits per heavy atom. The molecule has 1 amide bonds. The number of carbonyl (C=O) groups excluding carboxylic acids is 1. The van der Waals surface area contributed by atoms with Crippen molar-refractivity contribution in [2.24, 2.45) is 0 Å². The summed E-state index contributed by atoms with van der Waals surface area (Å²) < 4.78 is 0. The molecule has 1 saturated carbocycles. The Bertz CT molecular complexity index is 575. The van der Waals surface area contributed by atoms with Crippen molar-refractivity contribution in [1.29, 1.82) is 0 Å². The van der Waals surface area contributed by atoms with Gasteiger partial charge in [-0.1, -0.05) is 31.6 Å². The van der Waals surface area contributed by atoms with Crippen LogP contribution >= 0.6 is 0 Å². The van der Waals surface area contributed by atoms with E-state index in [0.29, 0.717) is 6.04 Å². The molecule has 0 spiro atoms. The van der Waals surface area contributed by atoms with Gasteiger partial charge in [-0.3, -0.25) is 4.79 Å². The third kappa shape index (κ3) is 3.44. The summed E-state index contributed by atoms with van der Waals surface area (Å²) in [5.41, 5.74) is 4.07. The van der Waals surface area contributed by atoms with Crippen LogP contribution in [0, 0.1) is 0 Å². The average Bonchev–Trinajstić information content (AvgIpc) is 3.12. The van der Waals surface area contributed by atoms with Crippen molar-refractivity contribution in [3.8, 4) is 0 Å². The highest BCUT2D eigenvalue weighted by Crippen LogP contribution is 2.30. The fourth-order valence-corrected chi connectivity index (χ4v) is 4.07. The van der Waals surface area contributed by atoms with Crippen molar-refractivity contribution in [2.75, 3.05) is 18.0 Å². The normalized spacial score (nSPS) is 17.9. The van der Waals surface area contributed by atoms with Crippen LogP contribution in [0.3, 0.4) is 0 Å². The van der Waals surface area contributed by atoms with Gasteiger partial charge in [0.15, 0.2) is 0 Å². The van der Waals surface area contributed by atoms with E-state index in [9.17, 15) is 4.79 Å². The van der Waals surface area contributed by atoms with Crippen LogP contribution < -0.4 is 4.90 Å². The molecule has 23 heavy (non-hydrogen) atoms. The molecule has 1 aromatic carbocycles. The number of nitrogens with zero attached hydrogens (tertiary/aromatic N) is 2. The molecular weight excluding hydrogens is 284 g/mol. The molecule has 0 radical (unpaired) electrons. The first-order valence-electron chi connectivity index (χ1n) is 9.02. The second-order valence-corrected chi connectivity index (χ2v) is 6.75. The number of rotatable bonds is 5. The number of carbonyl (C=O) groups is 1. The molecule has 0 atom stereocenters. The predicted octanol–water partition coefficient (Wildman–Crippen LogP) is 3.92. The van der Waals surface area contributed by atoms with Crippen LogP contribution in [0.25, 0.3) is 0 Å². The summed E-state index contributed by atoms with van der Waals surface area (Å²) in [6.45, 7) is 8.84. The van der Waals surface area contributed by atoms with Gasteiger partial charge in [-0.2, -0.15) is 0 Å². The summed E-state index contributed by atoms with van der Waals surface area (Å²) in [6, 6.07) is 7.16. The van der Waals surface area contributed by atoms with Crippen LogP contribution in [-0.4, -0.2) is 29.9 Å². The van der Waals surface area contributed by atoms with Crippen LogP contribution in [-0.2, 0) is 17.8 Å². The zero-order valence-corrected chi connectivity index (χ0v) is 14.3. The molecule has 124 valence electrons. The van der Waals surface area contributed by atoms with Gasteiger partial charge in [0.25, 0.3) is 0 Å². The largest absolute Gasteiger partial charge is 0.372 e. The Hall–Kier alpha value is -1.77. The lowest BCUT2D eigenvalue weighted by molar-refractivity contribution is -0.128. The van der Waals surface area contributed by atoms with Gasteiger partial charge in [-0.15, -0.1) is 0 Å². The monoisotopic (exact) mass is 312 g/mol.